The molecule has 1 N–H and O–H groups in total. The van der Waals surface area contributed by atoms with Crippen LogP contribution in [0.15, 0.2) is 18.6 Å². The molecule has 1 fully saturated rings. The minimum Gasteiger partial charge on any atom is -0.354 e. The maximum atomic E-state index is 4.61. The molecule has 0 unspecified atom stereocenters. The summed E-state index contributed by atoms with van der Waals surface area (Å²) in [7, 11) is 0. The van der Waals surface area contributed by atoms with Crippen LogP contribution in [0, 0.1) is 6.92 Å². The second kappa shape index (κ2) is 6.07. The van der Waals surface area contributed by atoms with Crippen molar-refractivity contribution in [2.45, 2.75) is 51.6 Å². The zero-order valence-electron chi connectivity index (χ0n) is 12.0. The van der Waals surface area contributed by atoms with E-state index in [0.717, 1.165) is 24.7 Å². The first-order valence-electron chi connectivity index (χ1n) is 7.46. The molecule has 0 radical (unpaired) electrons. The summed E-state index contributed by atoms with van der Waals surface area (Å²) in [6.45, 7) is 3.67. The Labute approximate surface area is 119 Å². The predicted octanol–water partition coefficient (Wildman–Crippen LogP) is 2.40. The number of hydrogen-bond acceptors (Lipinski definition) is 4. The van der Waals surface area contributed by atoms with Gasteiger partial charge in [0, 0.05) is 25.0 Å². The number of rotatable bonds is 5. The molecule has 2 heterocycles. The zero-order chi connectivity index (χ0) is 13.8. The van der Waals surface area contributed by atoms with Crippen molar-refractivity contribution in [3.63, 3.8) is 0 Å². The standard InChI is InChI=1S/C14H22N6/c1-12-11-20(13-5-3-2-4-6-13)14(17-12)15-7-9-19-10-8-16-18-19/h8,10-11,13H,2-7,9H2,1H3,(H,15,17). The highest BCUT2D eigenvalue weighted by atomic mass is 15.4. The van der Waals surface area contributed by atoms with Gasteiger partial charge in [0.15, 0.2) is 0 Å². The number of anilines is 1. The van der Waals surface area contributed by atoms with Crippen molar-refractivity contribution in [2.75, 3.05) is 11.9 Å². The van der Waals surface area contributed by atoms with Gasteiger partial charge < -0.3 is 9.88 Å². The van der Waals surface area contributed by atoms with Crippen LogP contribution in [0.5, 0.6) is 0 Å². The van der Waals surface area contributed by atoms with Crippen LogP contribution in [0.3, 0.4) is 0 Å². The molecule has 0 saturated heterocycles. The first-order valence-corrected chi connectivity index (χ1v) is 7.46. The van der Waals surface area contributed by atoms with Gasteiger partial charge in [-0.25, -0.2) is 4.98 Å². The number of nitrogens with one attached hydrogen (secondary N) is 1. The normalized spacial score (nSPS) is 16.4. The molecule has 0 aliphatic heterocycles. The summed E-state index contributed by atoms with van der Waals surface area (Å²) in [4.78, 5) is 4.61. The minimum atomic E-state index is 0.610. The maximum Gasteiger partial charge on any atom is 0.203 e. The third-order valence-corrected chi connectivity index (χ3v) is 3.92. The van der Waals surface area contributed by atoms with Crippen LogP contribution in [0.25, 0.3) is 0 Å². The molecule has 3 rings (SSSR count). The van der Waals surface area contributed by atoms with E-state index in [2.05, 4.69) is 38.3 Å². The fourth-order valence-corrected chi connectivity index (χ4v) is 2.92. The molecule has 108 valence electrons. The Morgan fingerprint density at radius 3 is 2.90 bits per heavy atom. The Balaban J connectivity index is 1.63. The lowest BCUT2D eigenvalue weighted by atomic mass is 9.95. The lowest BCUT2D eigenvalue weighted by Gasteiger charge is -2.24. The third kappa shape index (κ3) is 3.00. The number of aromatic nitrogens is 5. The molecular weight excluding hydrogens is 252 g/mol. The van der Waals surface area contributed by atoms with Gasteiger partial charge in [-0.15, -0.1) is 5.10 Å². The van der Waals surface area contributed by atoms with E-state index in [1.165, 1.54) is 32.1 Å². The molecule has 0 atom stereocenters. The van der Waals surface area contributed by atoms with E-state index in [0.29, 0.717) is 6.04 Å². The number of hydrogen-bond donors (Lipinski definition) is 1. The summed E-state index contributed by atoms with van der Waals surface area (Å²) in [5.74, 6) is 0.995. The van der Waals surface area contributed by atoms with Crippen LogP contribution < -0.4 is 5.32 Å². The summed E-state index contributed by atoms with van der Waals surface area (Å²) in [5, 5.41) is 11.2. The Morgan fingerprint density at radius 1 is 1.30 bits per heavy atom. The average molecular weight is 274 g/mol. The van der Waals surface area contributed by atoms with E-state index in [9.17, 15) is 0 Å². The van der Waals surface area contributed by atoms with Gasteiger partial charge in [-0.2, -0.15) is 0 Å². The van der Waals surface area contributed by atoms with Gasteiger partial charge in [-0.05, 0) is 19.8 Å². The van der Waals surface area contributed by atoms with Crippen molar-refractivity contribution in [2.24, 2.45) is 0 Å². The quantitative estimate of drug-likeness (QED) is 0.909. The molecule has 6 nitrogen and oxygen atoms in total. The average Bonchev–Trinajstić information content (AvgIpc) is 3.10. The van der Waals surface area contributed by atoms with Crippen LogP contribution >= 0.6 is 0 Å². The van der Waals surface area contributed by atoms with Gasteiger partial charge in [0.2, 0.25) is 5.95 Å². The molecule has 1 aliphatic rings. The van der Waals surface area contributed by atoms with Crippen molar-refractivity contribution in [3.05, 3.63) is 24.3 Å². The molecule has 0 amide bonds. The Bertz CT molecular complexity index is 524. The highest BCUT2D eigenvalue weighted by Crippen LogP contribution is 2.30. The van der Waals surface area contributed by atoms with Gasteiger partial charge in [0.25, 0.3) is 0 Å². The molecule has 6 heteroatoms. The van der Waals surface area contributed by atoms with E-state index in [1.807, 2.05) is 10.9 Å². The SMILES string of the molecule is Cc1cn(C2CCCCC2)c(NCCn2ccnn2)n1. The third-order valence-electron chi connectivity index (χ3n) is 3.92. The van der Waals surface area contributed by atoms with Crippen LogP contribution in [0.2, 0.25) is 0 Å². The highest BCUT2D eigenvalue weighted by molar-refractivity contribution is 5.29. The van der Waals surface area contributed by atoms with Crippen molar-refractivity contribution < 1.29 is 0 Å². The van der Waals surface area contributed by atoms with Gasteiger partial charge in [0.1, 0.15) is 0 Å². The van der Waals surface area contributed by atoms with Gasteiger partial charge >= 0.3 is 0 Å². The molecule has 0 spiro atoms. The zero-order valence-corrected chi connectivity index (χ0v) is 12.0. The lowest BCUT2D eigenvalue weighted by Crippen LogP contribution is -2.18. The van der Waals surface area contributed by atoms with E-state index < -0.39 is 0 Å². The van der Waals surface area contributed by atoms with Crippen molar-refractivity contribution in [1.29, 1.82) is 0 Å². The van der Waals surface area contributed by atoms with Crippen LogP contribution in [0.1, 0.15) is 43.8 Å². The summed E-state index contributed by atoms with van der Waals surface area (Å²) < 4.78 is 4.16. The second-order valence-corrected chi connectivity index (χ2v) is 5.50. The predicted molar refractivity (Wildman–Crippen MR) is 77.6 cm³/mol. The van der Waals surface area contributed by atoms with E-state index in [1.54, 1.807) is 6.20 Å². The van der Waals surface area contributed by atoms with Crippen molar-refractivity contribution in [3.8, 4) is 0 Å². The maximum absolute atomic E-state index is 4.61. The first kappa shape index (κ1) is 13.1. The number of imidazole rings is 1. The Kier molecular flexibility index (Phi) is 3.99. The summed E-state index contributed by atoms with van der Waals surface area (Å²) >= 11 is 0. The molecular formula is C14H22N6. The van der Waals surface area contributed by atoms with Crippen LogP contribution in [0.4, 0.5) is 5.95 Å². The Hall–Kier alpha value is -1.85. The summed E-state index contributed by atoms with van der Waals surface area (Å²) in [5.41, 5.74) is 1.08. The summed E-state index contributed by atoms with van der Waals surface area (Å²) in [6.07, 6.45) is 12.3. The molecule has 2 aromatic heterocycles. The van der Waals surface area contributed by atoms with Gasteiger partial charge in [-0.3, -0.25) is 4.68 Å². The topological polar surface area (TPSA) is 60.6 Å². The van der Waals surface area contributed by atoms with Crippen molar-refractivity contribution in [1.82, 2.24) is 24.5 Å². The highest BCUT2D eigenvalue weighted by Gasteiger charge is 2.18. The van der Waals surface area contributed by atoms with Gasteiger partial charge in [0.05, 0.1) is 18.4 Å². The first-order chi connectivity index (χ1) is 9.83. The molecule has 1 saturated carbocycles. The molecule has 0 bridgehead atoms. The number of nitrogens with zero attached hydrogens (tertiary/aromatic N) is 5. The fourth-order valence-electron chi connectivity index (χ4n) is 2.92. The number of aryl methyl sites for hydroxylation is 1. The Morgan fingerprint density at radius 2 is 2.15 bits per heavy atom. The lowest BCUT2D eigenvalue weighted by molar-refractivity contribution is 0.355. The summed E-state index contributed by atoms with van der Waals surface area (Å²) in [6, 6.07) is 0.610. The van der Waals surface area contributed by atoms with E-state index >= 15 is 0 Å². The van der Waals surface area contributed by atoms with Crippen LogP contribution in [-0.4, -0.2) is 31.1 Å². The second-order valence-electron chi connectivity index (χ2n) is 5.50. The van der Waals surface area contributed by atoms with Crippen LogP contribution in [-0.2, 0) is 6.54 Å². The monoisotopic (exact) mass is 274 g/mol. The van der Waals surface area contributed by atoms with Crippen molar-refractivity contribution >= 4 is 5.95 Å². The molecule has 1 aliphatic carbocycles. The van der Waals surface area contributed by atoms with E-state index in [-0.39, 0.29) is 0 Å². The molecule has 20 heavy (non-hydrogen) atoms. The van der Waals surface area contributed by atoms with Gasteiger partial charge in [-0.1, -0.05) is 24.5 Å². The largest absolute Gasteiger partial charge is 0.354 e. The minimum absolute atomic E-state index is 0.610. The molecule has 0 aromatic carbocycles. The molecule has 2 aromatic rings. The van der Waals surface area contributed by atoms with E-state index in [4.69, 9.17) is 0 Å². The fraction of sp³-hybridized carbons (Fsp3) is 0.643. The smallest absolute Gasteiger partial charge is 0.203 e.